The van der Waals surface area contributed by atoms with Crippen LogP contribution in [0.5, 0.6) is 0 Å². The maximum absolute atomic E-state index is 12.1. The Kier molecular flexibility index (Phi) is 9.98. The van der Waals surface area contributed by atoms with Crippen LogP contribution in [0.15, 0.2) is 0 Å². The molecular formula is C14H30N2O2. The smallest absolute Gasteiger partial charge is 0.237 e. The van der Waals surface area contributed by atoms with E-state index in [0.29, 0.717) is 6.54 Å². The Morgan fingerprint density at radius 3 is 2.28 bits per heavy atom. The van der Waals surface area contributed by atoms with Gasteiger partial charge in [0.2, 0.25) is 5.91 Å². The van der Waals surface area contributed by atoms with Crippen molar-refractivity contribution in [1.82, 2.24) is 10.2 Å². The van der Waals surface area contributed by atoms with Crippen LogP contribution in [0.3, 0.4) is 0 Å². The van der Waals surface area contributed by atoms with Crippen molar-refractivity contribution in [3.8, 4) is 0 Å². The molecule has 0 aliphatic carbocycles. The van der Waals surface area contributed by atoms with E-state index >= 15 is 0 Å². The summed E-state index contributed by atoms with van der Waals surface area (Å²) >= 11 is 0. The quantitative estimate of drug-likeness (QED) is 0.628. The molecule has 0 bridgehead atoms. The fraction of sp³-hybridized carbons (Fsp3) is 0.929. The minimum atomic E-state index is -0.163. The van der Waals surface area contributed by atoms with E-state index in [4.69, 9.17) is 5.11 Å². The van der Waals surface area contributed by atoms with Gasteiger partial charge in [-0.15, -0.1) is 0 Å². The predicted molar refractivity (Wildman–Crippen MR) is 75.5 cm³/mol. The van der Waals surface area contributed by atoms with Crippen molar-refractivity contribution in [1.29, 1.82) is 0 Å². The third-order valence-electron chi connectivity index (χ3n) is 3.45. The molecule has 108 valence electrons. The summed E-state index contributed by atoms with van der Waals surface area (Å²) in [5.41, 5.74) is 0. The van der Waals surface area contributed by atoms with Crippen molar-refractivity contribution in [3.63, 3.8) is 0 Å². The van der Waals surface area contributed by atoms with Crippen LogP contribution in [-0.2, 0) is 4.79 Å². The second-order valence-corrected chi connectivity index (χ2v) is 4.81. The maximum atomic E-state index is 12.1. The number of unbranched alkanes of at least 4 members (excludes halogenated alkanes) is 1. The average Bonchev–Trinajstić information content (AvgIpc) is 2.39. The van der Waals surface area contributed by atoms with Gasteiger partial charge in [0.1, 0.15) is 0 Å². The average molecular weight is 258 g/mol. The van der Waals surface area contributed by atoms with Crippen molar-refractivity contribution in [2.45, 2.75) is 65.5 Å². The number of aliphatic hydroxyl groups is 1. The second kappa shape index (κ2) is 10.3. The lowest BCUT2D eigenvalue weighted by Gasteiger charge is -2.28. The summed E-state index contributed by atoms with van der Waals surface area (Å²) in [5.74, 6) is 0.0771. The molecule has 0 fully saturated rings. The molecule has 0 aromatic heterocycles. The minimum absolute atomic E-state index is 0.0771. The molecular weight excluding hydrogens is 228 g/mol. The van der Waals surface area contributed by atoms with Gasteiger partial charge in [-0.2, -0.15) is 0 Å². The lowest BCUT2D eigenvalue weighted by Crippen LogP contribution is -2.49. The van der Waals surface area contributed by atoms with E-state index in [1.54, 1.807) is 0 Å². The zero-order chi connectivity index (χ0) is 14.0. The van der Waals surface area contributed by atoms with Crippen LogP contribution in [0.25, 0.3) is 0 Å². The molecule has 4 nitrogen and oxygen atoms in total. The fourth-order valence-corrected chi connectivity index (χ4v) is 1.97. The molecule has 0 radical (unpaired) electrons. The molecule has 0 aliphatic rings. The van der Waals surface area contributed by atoms with E-state index in [-0.39, 0.29) is 24.6 Å². The molecule has 1 unspecified atom stereocenters. The van der Waals surface area contributed by atoms with Gasteiger partial charge in [-0.05, 0) is 32.7 Å². The molecule has 0 rings (SSSR count). The first-order chi connectivity index (χ1) is 8.60. The van der Waals surface area contributed by atoms with E-state index < -0.39 is 0 Å². The summed E-state index contributed by atoms with van der Waals surface area (Å²) < 4.78 is 0. The molecule has 1 amide bonds. The molecule has 0 saturated heterocycles. The van der Waals surface area contributed by atoms with Gasteiger partial charge in [0.25, 0.3) is 0 Å². The first-order valence-electron chi connectivity index (χ1n) is 7.25. The molecule has 0 aromatic carbocycles. The number of hydrogen-bond donors (Lipinski definition) is 2. The number of nitrogens with zero attached hydrogens (tertiary/aromatic N) is 1. The van der Waals surface area contributed by atoms with Crippen LogP contribution in [-0.4, -0.2) is 47.7 Å². The molecule has 1 atom stereocenters. The summed E-state index contributed by atoms with van der Waals surface area (Å²) in [6, 6.07) is 0.103. The van der Waals surface area contributed by atoms with Crippen LogP contribution in [0.1, 0.15) is 53.4 Å². The zero-order valence-corrected chi connectivity index (χ0v) is 12.4. The third-order valence-corrected chi connectivity index (χ3v) is 3.45. The molecule has 0 heterocycles. The number of amides is 1. The number of nitrogens with one attached hydrogen (secondary N) is 1. The molecule has 0 spiro atoms. The molecule has 0 saturated carbocycles. The Morgan fingerprint density at radius 1 is 1.22 bits per heavy atom. The summed E-state index contributed by atoms with van der Waals surface area (Å²) in [5, 5.41) is 12.1. The minimum Gasteiger partial charge on any atom is -0.395 e. The van der Waals surface area contributed by atoms with Crippen molar-refractivity contribution in [2.75, 3.05) is 19.7 Å². The predicted octanol–water partition coefficient (Wildman–Crippen LogP) is 1.77. The van der Waals surface area contributed by atoms with Crippen LogP contribution in [0.4, 0.5) is 0 Å². The summed E-state index contributed by atoms with van der Waals surface area (Å²) in [7, 11) is 0. The largest absolute Gasteiger partial charge is 0.395 e. The van der Waals surface area contributed by atoms with E-state index in [9.17, 15) is 4.79 Å². The Labute approximate surface area is 112 Å². The van der Waals surface area contributed by atoms with Gasteiger partial charge in [0, 0.05) is 12.6 Å². The van der Waals surface area contributed by atoms with Gasteiger partial charge in [-0.1, -0.05) is 27.2 Å². The van der Waals surface area contributed by atoms with E-state index in [0.717, 1.165) is 32.2 Å². The molecule has 18 heavy (non-hydrogen) atoms. The monoisotopic (exact) mass is 258 g/mol. The topological polar surface area (TPSA) is 52.6 Å². The molecule has 0 aromatic rings. The van der Waals surface area contributed by atoms with E-state index in [1.807, 2.05) is 6.92 Å². The van der Waals surface area contributed by atoms with Crippen LogP contribution < -0.4 is 5.32 Å². The first kappa shape index (κ1) is 17.4. The number of carbonyl (C=O) groups is 1. The number of rotatable bonds is 10. The zero-order valence-electron chi connectivity index (χ0n) is 12.4. The van der Waals surface area contributed by atoms with Gasteiger partial charge in [0.15, 0.2) is 0 Å². The van der Waals surface area contributed by atoms with E-state index in [2.05, 4.69) is 31.0 Å². The van der Waals surface area contributed by atoms with Crippen molar-refractivity contribution in [2.24, 2.45) is 0 Å². The van der Waals surface area contributed by atoms with Gasteiger partial charge < -0.3 is 10.4 Å². The van der Waals surface area contributed by atoms with Crippen LogP contribution in [0.2, 0.25) is 0 Å². The molecule has 0 aliphatic heterocycles. The first-order valence-corrected chi connectivity index (χ1v) is 7.25. The molecule has 4 heteroatoms. The van der Waals surface area contributed by atoms with Crippen LogP contribution >= 0.6 is 0 Å². The lowest BCUT2D eigenvalue weighted by atomic mass is 10.1. The maximum Gasteiger partial charge on any atom is 0.237 e. The highest BCUT2D eigenvalue weighted by Crippen LogP contribution is 2.04. The summed E-state index contributed by atoms with van der Waals surface area (Å²) in [4.78, 5) is 14.2. The number of carbonyl (C=O) groups excluding carboxylic acids is 1. The normalized spacial score (nSPS) is 13.1. The standard InChI is InChI=1S/C14H30N2O2/c1-5-8-9-16(10-11-17)12(4)14(18)15-13(6-2)7-3/h12-13,17H,5-11H2,1-4H3,(H,15,18). The van der Waals surface area contributed by atoms with Crippen molar-refractivity contribution < 1.29 is 9.90 Å². The highest BCUT2D eigenvalue weighted by molar-refractivity contribution is 5.81. The Hall–Kier alpha value is -0.610. The Bertz CT molecular complexity index is 218. The Balaban J connectivity index is 4.35. The second-order valence-electron chi connectivity index (χ2n) is 4.81. The third kappa shape index (κ3) is 6.36. The SMILES string of the molecule is CCCCN(CCO)C(C)C(=O)NC(CC)CC. The number of hydrogen-bond acceptors (Lipinski definition) is 3. The molecule has 2 N–H and O–H groups in total. The van der Waals surface area contributed by atoms with Gasteiger partial charge >= 0.3 is 0 Å². The summed E-state index contributed by atoms with van der Waals surface area (Å²) in [6.07, 6.45) is 4.08. The van der Waals surface area contributed by atoms with E-state index in [1.165, 1.54) is 0 Å². The fourth-order valence-electron chi connectivity index (χ4n) is 1.97. The highest BCUT2D eigenvalue weighted by Gasteiger charge is 2.21. The van der Waals surface area contributed by atoms with Gasteiger partial charge in [-0.3, -0.25) is 9.69 Å². The number of aliphatic hydroxyl groups excluding tert-OH is 1. The summed E-state index contributed by atoms with van der Waals surface area (Å²) in [6.45, 7) is 9.76. The van der Waals surface area contributed by atoms with Gasteiger partial charge in [0.05, 0.1) is 12.6 Å². The van der Waals surface area contributed by atoms with Crippen LogP contribution in [0, 0.1) is 0 Å². The van der Waals surface area contributed by atoms with Crippen molar-refractivity contribution >= 4 is 5.91 Å². The van der Waals surface area contributed by atoms with Crippen molar-refractivity contribution in [3.05, 3.63) is 0 Å². The van der Waals surface area contributed by atoms with Gasteiger partial charge in [-0.25, -0.2) is 0 Å². The Morgan fingerprint density at radius 2 is 1.83 bits per heavy atom. The highest BCUT2D eigenvalue weighted by atomic mass is 16.3. The lowest BCUT2D eigenvalue weighted by molar-refractivity contribution is -0.126.